The fourth-order valence-electron chi connectivity index (χ4n) is 2.23. The lowest BCUT2D eigenvalue weighted by atomic mass is 10.3. The first kappa shape index (κ1) is 15.1. The van der Waals surface area contributed by atoms with Crippen LogP contribution in [0.4, 0.5) is 11.6 Å². The van der Waals surface area contributed by atoms with Crippen LogP contribution in [0.15, 0.2) is 18.2 Å². The van der Waals surface area contributed by atoms with Crippen LogP contribution in [0.2, 0.25) is 0 Å². The number of pyridine rings is 1. The van der Waals surface area contributed by atoms with Crippen molar-refractivity contribution in [2.75, 3.05) is 56.6 Å². The highest BCUT2D eigenvalue weighted by Crippen LogP contribution is 2.09. The summed E-state index contributed by atoms with van der Waals surface area (Å²) in [5.74, 6) is 1.90. The van der Waals surface area contributed by atoms with E-state index in [2.05, 4.69) is 27.4 Å². The molecule has 0 radical (unpaired) electrons. The Morgan fingerprint density at radius 2 is 1.85 bits per heavy atom. The van der Waals surface area contributed by atoms with Gasteiger partial charge in [-0.05, 0) is 31.5 Å². The molecule has 5 heteroatoms. The first-order valence-corrected chi connectivity index (χ1v) is 7.63. The molecule has 0 aliphatic carbocycles. The Morgan fingerprint density at radius 1 is 1.15 bits per heavy atom. The van der Waals surface area contributed by atoms with Gasteiger partial charge in [0.1, 0.15) is 11.6 Å². The minimum atomic E-state index is 0.875. The molecule has 112 valence electrons. The Labute approximate surface area is 121 Å². The number of nitrogens with one attached hydrogen (secondary N) is 2. The van der Waals surface area contributed by atoms with Gasteiger partial charge in [0.15, 0.2) is 0 Å². The van der Waals surface area contributed by atoms with E-state index in [0.717, 1.165) is 70.4 Å². The molecular weight excluding hydrogens is 252 g/mol. The Morgan fingerprint density at radius 3 is 2.55 bits per heavy atom. The lowest BCUT2D eigenvalue weighted by molar-refractivity contribution is 0.0378. The van der Waals surface area contributed by atoms with Crippen molar-refractivity contribution in [1.82, 2.24) is 9.88 Å². The largest absolute Gasteiger partial charge is 0.379 e. The van der Waals surface area contributed by atoms with Crippen LogP contribution in [0, 0.1) is 0 Å². The summed E-state index contributed by atoms with van der Waals surface area (Å²) < 4.78 is 5.35. The molecular formula is C15H26N4O. The van der Waals surface area contributed by atoms with Crippen LogP contribution < -0.4 is 10.6 Å². The van der Waals surface area contributed by atoms with Crippen LogP contribution in [0.25, 0.3) is 0 Å². The summed E-state index contributed by atoms with van der Waals surface area (Å²) in [5, 5.41) is 6.70. The Kier molecular flexibility index (Phi) is 6.60. The average molecular weight is 278 g/mol. The van der Waals surface area contributed by atoms with Crippen molar-refractivity contribution in [2.24, 2.45) is 0 Å². The van der Waals surface area contributed by atoms with Gasteiger partial charge in [0, 0.05) is 26.2 Å². The molecule has 1 aromatic heterocycles. The van der Waals surface area contributed by atoms with E-state index in [-0.39, 0.29) is 0 Å². The molecule has 1 aliphatic heterocycles. The second-order valence-corrected chi connectivity index (χ2v) is 5.07. The van der Waals surface area contributed by atoms with Crippen LogP contribution in [-0.2, 0) is 4.74 Å². The summed E-state index contributed by atoms with van der Waals surface area (Å²) >= 11 is 0. The van der Waals surface area contributed by atoms with E-state index in [1.165, 1.54) is 0 Å². The highest BCUT2D eigenvalue weighted by Gasteiger charge is 2.08. The molecule has 2 heterocycles. The Hall–Kier alpha value is -1.33. The zero-order valence-corrected chi connectivity index (χ0v) is 12.4. The van der Waals surface area contributed by atoms with Gasteiger partial charge >= 0.3 is 0 Å². The number of anilines is 2. The normalized spacial score (nSPS) is 16.1. The minimum Gasteiger partial charge on any atom is -0.379 e. The van der Waals surface area contributed by atoms with Crippen molar-refractivity contribution < 1.29 is 4.74 Å². The molecule has 0 aromatic carbocycles. The molecule has 1 saturated heterocycles. The molecule has 2 N–H and O–H groups in total. The predicted molar refractivity (Wildman–Crippen MR) is 83.4 cm³/mol. The number of ether oxygens (including phenoxy) is 1. The summed E-state index contributed by atoms with van der Waals surface area (Å²) in [5.41, 5.74) is 0. The van der Waals surface area contributed by atoms with Gasteiger partial charge in [0.2, 0.25) is 0 Å². The number of nitrogens with zero attached hydrogens (tertiary/aromatic N) is 2. The minimum absolute atomic E-state index is 0.875. The fraction of sp³-hybridized carbons (Fsp3) is 0.667. The van der Waals surface area contributed by atoms with Crippen LogP contribution >= 0.6 is 0 Å². The zero-order chi connectivity index (χ0) is 14.0. The molecule has 0 atom stereocenters. The summed E-state index contributed by atoms with van der Waals surface area (Å²) in [4.78, 5) is 6.99. The first-order chi connectivity index (χ1) is 9.88. The number of aromatic nitrogens is 1. The standard InChI is InChI=1S/C15H26N4O/c1-2-7-16-14-5-3-6-15(18-14)17-8-4-9-19-10-12-20-13-11-19/h3,5-6H,2,4,7-13H2,1H3,(H2,16,17,18). The lowest BCUT2D eigenvalue weighted by Crippen LogP contribution is -2.37. The maximum absolute atomic E-state index is 5.35. The third kappa shape index (κ3) is 5.35. The van der Waals surface area contributed by atoms with Gasteiger partial charge in [-0.1, -0.05) is 13.0 Å². The molecule has 1 aromatic rings. The van der Waals surface area contributed by atoms with E-state index >= 15 is 0 Å². The summed E-state index contributed by atoms with van der Waals surface area (Å²) in [6, 6.07) is 6.07. The summed E-state index contributed by atoms with van der Waals surface area (Å²) in [6.07, 6.45) is 2.24. The Bertz CT molecular complexity index is 380. The second kappa shape index (κ2) is 8.76. The Balaban J connectivity index is 1.65. The maximum atomic E-state index is 5.35. The van der Waals surface area contributed by atoms with Gasteiger partial charge in [0.25, 0.3) is 0 Å². The average Bonchev–Trinajstić information content (AvgIpc) is 2.51. The summed E-state index contributed by atoms with van der Waals surface area (Å²) in [6.45, 7) is 9.09. The highest BCUT2D eigenvalue weighted by atomic mass is 16.5. The quantitative estimate of drug-likeness (QED) is 0.713. The molecule has 1 fully saturated rings. The molecule has 0 bridgehead atoms. The van der Waals surface area contributed by atoms with E-state index < -0.39 is 0 Å². The van der Waals surface area contributed by atoms with Crippen LogP contribution in [0.3, 0.4) is 0 Å². The topological polar surface area (TPSA) is 49.4 Å². The maximum Gasteiger partial charge on any atom is 0.128 e. The SMILES string of the molecule is CCCNc1cccc(NCCCN2CCOCC2)n1. The third-order valence-corrected chi connectivity index (χ3v) is 3.37. The van der Waals surface area contributed by atoms with E-state index in [1.54, 1.807) is 0 Å². The predicted octanol–water partition coefficient (Wildman–Crippen LogP) is 2.04. The second-order valence-electron chi connectivity index (χ2n) is 5.07. The lowest BCUT2D eigenvalue weighted by Gasteiger charge is -2.26. The van der Waals surface area contributed by atoms with E-state index in [9.17, 15) is 0 Å². The zero-order valence-electron chi connectivity index (χ0n) is 12.4. The monoisotopic (exact) mass is 278 g/mol. The van der Waals surface area contributed by atoms with Gasteiger partial charge in [-0.15, -0.1) is 0 Å². The molecule has 0 amide bonds. The van der Waals surface area contributed by atoms with E-state index in [0.29, 0.717) is 0 Å². The van der Waals surface area contributed by atoms with Crippen LogP contribution in [-0.4, -0.2) is 55.8 Å². The number of morpholine rings is 1. The van der Waals surface area contributed by atoms with Gasteiger partial charge in [-0.2, -0.15) is 0 Å². The highest BCUT2D eigenvalue weighted by molar-refractivity contribution is 5.44. The van der Waals surface area contributed by atoms with Gasteiger partial charge in [-0.25, -0.2) is 4.98 Å². The van der Waals surface area contributed by atoms with Crippen molar-refractivity contribution in [3.63, 3.8) is 0 Å². The van der Waals surface area contributed by atoms with E-state index in [4.69, 9.17) is 4.74 Å². The van der Waals surface area contributed by atoms with Crippen molar-refractivity contribution in [1.29, 1.82) is 0 Å². The first-order valence-electron chi connectivity index (χ1n) is 7.63. The van der Waals surface area contributed by atoms with Crippen molar-refractivity contribution >= 4 is 11.6 Å². The molecule has 0 unspecified atom stereocenters. The number of rotatable bonds is 8. The number of hydrogen-bond donors (Lipinski definition) is 2. The van der Waals surface area contributed by atoms with Crippen molar-refractivity contribution in [3.05, 3.63) is 18.2 Å². The molecule has 5 nitrogen and oxygen atoms in total. The van der Waals surface area contributed by atoms with E-state index in [1.807, 2.05) is 18.2 Å². The molecule has 0 saturated carbocycles. The van der Waals surface area contributed by atoms with Crippen LogP contribution in [0.5, 0.6) is 0 Å². The summed E-state index contributed by atoms with van der Waals surface area (Å²) in [7, 11) is 0. The molecule has 0 spiro atoms. The van der Waals surface area contributed by atoms with Gasteiger partial charge in [0.05, 0.1) is 13.2 Å². The van der Waals surface area contributed by atoms with Gasteiger partial charge < -0.3 is 15.4 Å². The molecule has 20 heavy (non-hydrogen) atoms. The van der Waals surface area contributed by atoms with Crippen LogP contribution in [0.1, 0.15) is 19.8 Å². The smallest absolute Gasteiger partial charge is 0.128 e. The molecule has 1 aliphatic rings. The van der Waals surface area contributed by atoms with Gasteiger partial charge in [-0.3, -0.25) is 4.90 Å². The van der Waals surface area contributed by atoms with Crippen molar-refractivity contribution in [3.8, 4) is 0 Å². The fourth-order valence-corrected chi connectivity index (χ4v) is 2.23. The molecule has 2 rings (SSSR count). The number of hydrogen-bond acceptors (Lipinski definition) is 5. The van der Waals surface area contributed by atoms with Crippen molar-refractivity contribution in [2.45, 2.75) is 19.8 Å². The third-order valence-electron chi connectivity index (χ3n) is 3.37.